The smallest absolute Gasteiger partial charge is 0.287 e. The number of carbonyl (C=O) groups excluding carboxylic acids is 1. The Morgan fingerprint density at radius 2 is 2.04 bits per heavy atom. The number of sulfonamides is 1. The van der Waals surface area contributed by atoms with Crippen LogP contribution in [0.4, 0.5) is 0 Å². The number of hydrogen-bond acceptors (Lipinski definition) is 4. The first kappa shape index (κ1) is 17.5. The number of benzene rings is 1. The number of aryl methyl sites for hydroxylation is 2. The lowest BCUT2D eigenvalue weighted by Gasteiger charge is -2.04. The van der Waals surface area contributed by atoms with Crippen molar-refractivity contribution >= 4 is 26.9 Å². The normalized spacial score (nSPS) is 11.8. The van der Waals surface area contributed by atoms with Crippen LogP contribution < -0.4 is 10.0 Å². The first-order valence-corrected chi connectivity index (χ1v) is 9.24. The zero-order chi connectivity index (χ0) is 17.0. The SMILES string of the molecule is CCCc1ccc2oc(C(=O)NCCS(=O)(=O)NC)c(C)c2c1. The standard InChI is InChI=1S/C16H22N2O4S/c1-4-5-12-6-7-14-13(10-12)11(2)15(22-14)16(19)18-8-9-23(20,21)17-3/h6-7,10,17H,4-5,8-9H2,1-3H3,(H,18,19). The molecule has 1 aromatic heterocycles. The van der Waals surface area contributed by atoms with Crippen molar-refractivity contribution in [2.75, 3.05) is 19.3 Å². The molecule has 0 bridgehead atoms. The minimum Gasteiger partial charge on any atom is -0.451 e. The Balaban J connectivity index is 2.16. The number of rotatable bonds is 7. The molecule has 0 radical (unpaired) electrons. The molecular formula is C16H22N2O4S. The predicted molar refractivity (Wildman–Crippen MR) is 90.1 cm³/mol. The van der Waals surface area contributed by atoms with Gasteiger partial charge < -0.3 is 9.73 Å². The van der Waals surface area contributed by atoms with Crippen LogP contribution in [0.1, 0.15) is 35.0 Å². The molecule has 6 nitrogen and oxygen atoms in total. The summed E-state index contributed by atoms with van der Waals surface area (Å²) < 4.78 is 30.5. The lowest BCUT2D eigenvalue weighted by molar-refractivity contribution is 0.0930. The van der Waals surface area contributed by atoms with Crippen LogP contribution in [-0.2, 0) is 16.4 Å². The Labute approximate surface area is 136 Å². The molecule has 23 heavy (non-hydrogen) atoms. The van der Waals surface area contributed by atoms with Gasteiger partial charge in [-0.3, -0.25) is 4.79 Å². The van der Waals surface area contributed by atoms with Crippen molar-refractivity contribution in [3.05, 3.63) is 35.1 Å². The molecule has 2 aromatic rings. The van der Waals surface area contributed by atoms with E-state index in [1.165, 1.54) is 12.6 Å². The summed E-state index contributed by atoms with van der Waals surface area (Å²) in [5.41, 5.74) is 2.64. The maximum atomic E-state index is 12.2. The van der Waals surface area contributed by atoms with Gasteiger partial charge in [-0.05, 0) is 38.1 Å². The van der Waals surface area contributed by atoms with Gasteiger partial charge in [-0.15, -0.1) is 0 Å². The predicted octanol–water partition coefficient (Wildman–Crippen LogP) is 1.97. The van der Waals surface area contributed by atoms with Gasteiger partial charge in [0.15, 0.2) is 5.76 Å². The van der Waals surface area contributed by atoms with Crippen molar-refractivity contribution in [3.8, 4) is 0 Å². The molecule has 2 rings (SSSR count). The molecule has 1 amide bonds. The van der Waals surface area contributed by atoms with Gasteiger partial charge in [-0.2, -0.15) is 0 Å². The van der Waals surface area contributed by atoms with E-state index in [0.29, 0.717) is 5.58 Å². The zero-order valence-corrected chi connectivity index (χ0v) is 14.4. The second-order valence-electron chi connectivity index (χ2n) is 5.42. The van der Waals surface area contributed by atoms with Crippen LogP contribution in [0.5, 0.6) is 0 Å². The molecule has 0 atom stereocenters. The van der Waals surface area contributed by atoms with Gasteiger partial charge in [0.2, 0.25) is 10.0 Å². The molecule has 1 heterocycles. The molecule has 0 saturated heterocycles. The van der Waals surface area contributed by atoms with E-state index < -0.39 is 15.9 Å². The minimum atomic E-state index is -3.34. The van der Waals surface area contributed by atoms with Crippen LogP contribution in [0.25, 0.3) is 11.0 Å². The molecule has 0 aliphatic rings. The molecule has 1 aromatic carbocycles. The van der Waals surface area contributed by atoms with Crippen LogP contribution in [0.3, 0.4) is 0 Å². The zero-order valence-electron chi connectivity index (χ0n) is 13.6. The van der Waals surface area contributed by atoms with Crippen molar-refractivity contribution in [1.29, 1.82) is 0 Å². The van der Waals surface area contributed by atoms with Crippen LogP contribution in [0.15, 0.2) is 22.6 Å². The highest BCUT2D eigenvalue weighted by Crippen LogP contribution is 2.26. The van der Waals surface area contributed by atoms with Gasteiger partial charge >= 0.3 is 0 Å². The number of hydrogen-bond donors (Lipinski definition) is 2. The van der Waals surface area contributed by atoms with Crippen LogP contribution in [-0.4, -0.2) is 33.7 Å². The number of amides is 1. The van der Waals surface area contributed by atoms with Gasteiger partial charge in [0.1, 0.15) is 5.58 Å². The number of fused-ring (bicyclic) bond motifs is 1. The maximum Gasteiger partial charge on any atom is 0.287 e. The van der Waals surface area contributed by atoms with Gasteiger partial charge in [0.25, 0.3) is 5.91 Å². The third-order valence-electron chi connectivity index (χ3n) is 3.71. The summed E-state index contributed by atoms with van der Waals surface area (Å²) >= 11 is 0. The fourth-order valence-corrected chi connectivity index (χ4v) is 2.99. The third kappa shape index (κ3) is 4.11. The van der Waals surface area contributed by atoms with E-state index in [1.54, 1.807) is 0 Å². The molecule has 0 spiro atoms. The van der Waals surface area contributed by atoms with E-state index in [1.807, 2.05) is 25.1 Å². The second kappa shape index (κ2) is 7.14. The van der Waals surface area contributed by atoms with Crippen molar-refractivity contribution in [2.24, 2.45) is 0 Å². The van der Waals surface area contributed by atoms with Gasteiger partial charge in [-0.1, -0.05) is 19.4 Å². The molecular weight excluding hydrogens is 316 g/mol. The van der Waals surface area contributed by atoms with Gasteiger partial charge in [-0.25, -0.2) is 13.1 Å². The summed E-state index contributed by atoms with van der Waals surface area (Å²) in [5.74, 6) is -0.340. The molecule has 0 unspecified atom stereocenters. The Morgan fingerprint density at radius 1 is 1.30 bits per heavy atom. The van der Waals surface area contributed by atoms with Crippen LogP contribution >= 0.6 is 0 Å². The Morgan fingerprint density at radius 3 is 2.70 bits per heavy atom. The number of nitrogens with one attached hydrogen (secondary N) is 2. The van der Waals surface area contributed by atoms with Crippen LogP contribution in [0.2, 0.25) is 0 Å². The van der Waals surface area contributed by atoms with E-state index in [9.17, 15) is 13.2 Å². The molecule has 126 valence electrons. The lowest BCUT2D eigenvalue weighted by atomic mass is 10.1. The summed E-state index contributed by atoms with van der Waals surface area (Å²) in [6.07, 6.45) is 2.03. The summed E-state index contributed by atoms with van der Waals surface area (Å²) in [6, 6.07) is 5.91. The van der Waals surface area contributed by atoms with E-state index in [4.69, 9.17) is 4.42 Å². The number of furan rings is 1. The minimum absolute atomic E-state index is 0.0274. The topological polar surface area (TPSA) is 88.4 Å². The molecule has 0 aliphatic heterocycles. The molecule has 7 heteroatoms. The largest absolute Gasteiger partial charge is 0.451 e. The monoisotopic (exact) mass is 338 g/mol. The van der Waals surface area contributed by atoms with E-state index >= 15 is 0 Å². The average molecular weight is 338 g/mol. The molecule has 0 saturated carbocycles. The fourth-order valence-electron chi connectivity index (χ4n) is 2.41. The Kier molecular flexibility index (Phi) is 5.43. The fraction of sp³-hybridized carbons (Fsp3) is 0.438. The van der Waals surface area contributed by atoms with Crippen molar-refractivity contribution in [3.63, 3.8) is 0 Å². The van der Waals surface area contributed by atoms with Crippen LogP contribution in [0, 0.1) is 6.92 Å². The van der Waals surface area contributed by atoms with E-state index in [-0.39, 0.29) is 18.1 Å². The second-order valence-corrected chi connectivity index (χ2v) is 7.46. The van der Waals surface area contributed by atoms with E-state index in [2.05, 4.69) is 17.0 Å². The van der Waals surface area contributed by atoms with Gasteiger partial charge in [0, 0.05) is 17.5 Å². The molecule has 0 aliphatic carbocycles. The first-order valence-electron chi connectivity index (χ1n) is 7.59. The summed E-state index contributed by atoms with van der Waals surface area (Å²) in [6.45, 7) is 3.98. The highest BCUT2D eigenvalue weighted by Gasteiger charge is 2.18. The highest BCUT2D eigenvalue weighted by molar-refractivity contribution is 7.89. The first-order chi connectivity index (χ1) is 10.9. The molecule has 2 N–H and O–H groups in total. The van der Waals surface area contributed by atoms with Crippen molar-refractivity contribution < 1.29 is 17.6 Å². The summed E-state index contributed by atoms with van der Waals surface area (Å²) in [4.78, 5) is 12.2. The quantitative estimate of drug-likeness (QED) is 0.808. The maximum absolute atomic E-state index is 12.2. The van der Waals surface area contributed by atoms with Gasteiger partial charge in [0.05, 0.1) is 5.75 Å². The Hall–Kier alpha value is -1.86. The highest BCUT2D eigenvalue weighted by atomic mass is 32.2. The van der Waals surface area contributed by atoms with E-state index in [0.717, 1.165) is 23.8 Å². The van der Waals surface area contributed by atoms with Crippen molar-refractivity contribution in [2.45, 2.75) is 26.7 Å². The summed E-state index contributed by atoms with van der Waals surface area (Å²) in [5, 5.41) is 3.50. The lowest BCUT2D eigenvalue weighted by Crippen LogP contribution is -2.33. The number of carbonyl (C=O) groups is 1. The Bertz CT molecular complexity index is 809. The molecule has 0 fully saturated rings. The average Bonchev–Trinajstić information content (AvgIpc) is 2.84. The summed E-state index contributed by atoms with van der Waals surface area (Å²) in [7, 11) is -2.00. The van der Waals surface area contributed by atoms with Crippen molar-refractivity contribution in [1.82, 2.24) is 10.0 Å². The third-order valence-corrected chi connectivity index (χ3v) is 5.08.